The van der Waals surface area contributed by atoms with Crippen molar-refractivity contribution < 1.29 is 19.1 Å². The van der Waals surface area contributed by atoms with Crippen LogP contribution in [-0.2, 0) is 16.0 Å². The van der Waals surface area contributed by atoms with E-state index < -0.39 is 5.97 Å². The number of hydrogen-bond acceptors (Lipinski definition) is 5. The van der Waals surface area contributed by atoms with Crippen molar-refractivity contribution in [3.63, 3.8) is 0 Å². The first-order valence-corrected chi connectivity index (χ1v) is 9.37. The standard InChI is InChI=1S/C18H20N2O4S/c1-11-2-3-14(24-11)16-19-12(10-25-16)8-15(21)20-6-4-18(5-7-20)9-13(18)17(22)23/h2-3,10,13H,4-9H2,1H3,(H,22,23). The molecule has 0 aromatic carbocycles. The molecular weight excluding hydrogens is 340 g/mol. The number of carboxylic acids is 1. The Morgan fingerprint density at radius 3 is 2.76 bits per heavy atom. The molecule has 2 aromatic rings. The predicted octanol–water partition coefficient (Wildman–Crippen LogP) is 2.97. The van der Waals surface area contributed by atoms with Gasteiger partial charge < -0.3 is 14.4 Å². The van der Waals surface area contributed by atoms with E-state index in [-0.39, 0.29) is 23.7 Å². The molecule has 6 nitrogen and oxygen atoms in total. The van der Waals surface area contributed by atoms with E-state index in [0.717, 1.165) is 41.5 Å². The fraction of sp³-hybridized carbons (Fsp3) is 0.500. The molecule has 1 N–H and O–H groups in total. The lowest BCUT2D eigenvalue weighted by Gasteiger charge is -2.32. The fourth-order valence-corrected chi connectivity index (χ4v) is 4.55. The third-order valence-electron chi connectivity index (χ3n) is 5.43. The maximum absolute atomic E-state index is 12.5. The number of aromatic nitrogens is 1. The Bertz CT molecular complexity index is 817. The van der Waals surface area contributed by atoms with Crippen LogP contribution in [0, 0.1) is 18.3 Å². The van der Waals surface area contributed by atoms with Crippen LogP contribution >= 0.6 is 11.3 Å². The highest BCUT2D eigenvalue weighted by Crippen LogP contribution is 2.59. The minimum Gasteiger partial charge on any atom is -0.481 e. The van der Waals surface area contributed by atoms with Gasteiger partial charge in [-0.05, 0) is 43.7 Å². The van der Waals surface area contributed by atoms with Crippen LogP contribution in [0.25, 0.3) is 10.8 Å². The molecule has 3 heterocycles. The summed E-state index contributed by atoms with van der Waals surface area (Å²) in [4.78, 5) is 30.0. The first kappa shape index (κ1) is 16.3. The maximum atomic E-state index is 12.5. The van der Waals surface area contributed by atoms with Crippen molar-refractivity contribution in [3.05, 3.63) is 29.0 Å². The second kappa shape index (κ2) is 5.98. The third-order valence-corrected chi connectivity index (χ3v) is 6.34. The molecule has 1 aliphatic carbocycles. The van der Waals surface area contributed by atoms with E-state index in [2.05, 4.69) is 4.98 Å². The van der Waals surface area contributed by atoms with E-state index in [4.69, 9.17) is 9.52 Å². The van der Waals surface area contributed by atoms with E-state index >= 15 is 0 Å². The van der Waals surface area contributed by atoms with E-state index in [0.29, 0.717) is 13.1 Å². The molecule has 1 amide bonds. The summed E-state index contributed by atoms with van der Waals surface area (Å²) < 4.78 is 5.57. The van der Waals surface area contributed by atoms with Gasteiger partial charge in [0.05, 0.1) is 18.0 Å². The number of carboxylic acid groups (broad SMARTS) is 1. The van der Waals surface area contributed by atoms with Gasteiger partial charge in [0.25, 0.3) is 0 Å². The number of carbonyl (C=O) groups is 2. The van der Waals surface area contributed by atoms with Crippen molar-refractivity contribution in [1.82, 2.24) is 9.88 Å². The molecule has 1 aliphatic heterocycles. The molecular formula is C18H20N2O4S. The largest absolute Gasteiger partial charge is 0.481 e. The lowest BCUT2D eigenvalue weighted by atomic mass is 9.90. The SMILES string of the molecule is Cc1ccc(-c2nc(CC(=O)N3CCC4(CC3)CC4C(=O)O)cs2)o1. The minimum absolute atomic E-state index is 0.0481. The average molecular weight is 360 g/mol. The van der Waals surface area contributed by atoms with E-state index in [1.54, 1.807) is 0 Å². The van der Waals surface area contributed by atoms with Gasteiger partial charge in [0, 0.05) is 18.5 Å². The average Bonchev–Trinajstić information content (AvgIpc) is 2.92. The van der Waals surface area contributed by atoms with Crippen LogP contribution in [-0.4, -0.2) is 40.0 Å². The van der Waals surface area contributed by atoms with Gasteiger partial charge in [-0.2, -0.15) is 0 Å². The molecule has 2 aromatic heterocycles. The number of likely N-dealkylation sites (tertiary alicyclic amines) is 1. The highest BCUT2D eigenvalue weighted by atomic mass is 32.1. The Kier molecular flexibility index (Phi) is 3.91. The van der Waals surface area contributed by atoms with Gasteiger partial charge >= 0.3 is 5.97 Å². The molecule has 4 rings (SSSR count). The molecule has 132 valence electrons. The second-order valence-corrected chi connectivity index (χ2v) is 7.93. The summed E-state index contributed by atoms with van der Waals surface area (Å²) >= 11 is 1.48. The number of carbonyl (C=O) groups excluding carboxylic acids is 1. The lowest BCUT2D eigenvalue weighted by molar-refractivity contribution is -0.139. The van der Waals surface area contributed by atoms with Crippen molar-refractivity contribution in [1.29, 1.82) is 0 Å². The fourth-order valence-electron chi connectivity index (χ4n) is 3.77. The Labute approximate surface area is 149 Å². The molecule has 2 aliphatic rings. The molecule has 2 fully saturated rings. The molecule has 1 saturated heterocycles. The van der Waals surface area contributed by atoms with Crippen molar-refractivity contribution in [2.45, 2.75) is 32.6 Å². The van der Waals surface area contributed by atoms with Gasteiger partial charge in [0.15, 0.2) is 10.8 Å². The summed E-state index contributed by atoms with van der Waals surface area (Å²) in [6.07, 6.45) is 2.64. The molecule has 0 bridgehead atoms. The van der Waals surface area contributed by atoms with Gasteiger partial charge in [-0.1, -0.05) is 0 Å². The lowest BCUT2D eigenvalue weighted by Crippen LogP contribution is -2.40. The molecule has 1 spiro atoms. The highest BCUT2D eigenvalue weighted by Gasteiger charge is 2.59. The normalized spacial score (nSPS) is 21.5. The Balaban J connectivity index is 1.34. The highest BCUT2D eigenvalue weighted by molar-refractivity contribution is 7.13. The van der Waals surface area contributed by atoms with E-state index in [9.17, 15) is 9.59 Å². The number of amides is 1. The van der Waals surface area contributed by atoms with Gasteiger partial charge in [-0.15, -0.1) is 11.3 Å². The number of furan rings is 1. The van der Waals surface area contributed by atoms with Crippen molar-refractivity contribution in [2.24, 2.45) is 11.3 Å². The van der Waals surface area contributed by atoms with Gasteiger partial charge in [-0.3, -0.25) is 9.59 Å². The van der Waals surface area contributed by atoms with E-state index in [1.165, 1.54) is 11.3 Å². The first-order chi connectivity index (χ1) is 12.0. The number of thiazole rings is 1. The van der Waals surface area contributed by atoms with Crippen LogP contribution < -0.4 is 0 Å². The van der Waals surface area contributed by atoms with Crippen molar-refractivity contribution in [2.75, 3.05) is 13.1 Å². The molecule has 25 heavy (non-hydrogen) atoms. The topological polar surface area (TPSA) is 83.6 Å². The quantitative estimate of drug-likeness (QED) is 0.906. The van der Waals surface area contributed by atoms with Crippen LogP contribution in [0.2, 0.25) is 0 Å². The Morgan fingerprint density at radius 2 is 2.16 bits per heavy atom. The summed E-state index contributed by atoms with van der Waals surface area (Å²) in [5.74, 6) is 0.736. The summed E-state index contributed by atoms with van der Waals surface area (Å²) in [6, 6.07) is 3.78. The summed E-state index contributed by atoms with van der Waals surface area (Å²) in [5, 5.41) is 11.8. The number of aliphatic carboxylic acids is 1. The van der Waals surface area contributed by atoms with Crippen LogP contribution in [0.3, 0.4) is 0 Å². The van der Waals surface area contributed by atoms with E-state index in [1.807, 2.05) is 29.3 Å². The molecule has 1 atom stereocenters. The minimum atomic E-state index is -0.692. The number of rotatable bonds is 4. The van der Waals surface area contributed by atoms with Crippen LogP contribution in [0.4, 0.5) is 0 Å². The summed E-state index contributed by atoms with van der Waals surface area (Å²) in [7, 11) is 0. The van der Waals surface area contributed by atoms with Crippen LogP contribution in [0.1, 0.15) is 30.7 Å². The Hall–Kier alpha value is -2.15. The van der Waals surface area contributed by atoms with Gasteiger partial charge in [0.1, 0.15) is 5.76 Å². The number of hydrogen-bond donors (Lipinski definition) is 1. The summed E-state index contributed by atoms with van der Waals surface area (Å²) in [6.45, 7) is 3.19. The number of nitrogens with zero attached hydrogens (tertiary/aromatic N) is 2. The van der Waals surface area contributed by atoms with Crippen LogP contribution in [0.5, 0.6) is 0 Å². The maximum Gasteiger partial charge on any atom is 0.307 e. The number of piperidine rings is 1. The zero-order valence-corrected chi connectivity index (χ0v) is 14.8. The molecule has 1 saturated carbocycles. The first-order valence-electron chi connectivity index (χ1n) is 8.49. The van der Waals surface area contributed by atoms with Crippen molar-refractivity contribution >= 4 is 23.2 Å². The van der Waals surface area contributed by atoms with Crippen LogP contribution in [0.15, 0.2) is 21.9 Å². The zero-order valence-electron chi connectivity index (χ0n) is 14.0. The molecule has 7 heteroatoms. The second-order valence-electron chi connectivity index (χ2n) is 7.07. The smallest absolute Gasteiger partial charge is 0.307 e. The Morgan fingerprint density at radius 1 is 1.40 bits per heavy atom. The number of aryl methyl sites for hydroxylation is 1. The summed E-state index contributed by atoms with van der Waals surface area (Å²) in [5.41, 5.74) is 0.710. The molecule has 0 radical (unpaired) electrons. The monoisotopic (exact) mass is 360 g/mol. The molecule has 1 unspecified atom stereocenters. The van der Waals surface area contributed by atoms with Crippen molar-refractivity contribution in [3.8, 4) is 10.8 Å². The van der Waals surface area contributed by atoms with Gasteiger partial charge in [-0.25, -0.2) is 4.98 Å². The van der Waals surface area contributed by atoms with Gasteiger partial charge in [0.2, 0.25) is 5.91 Å². The zero-order chi connectivity index (χ0) is 17.6. The predicted molar refractivity (Wildman–Crippen MR) is 92.2 cm³/mol. The third kappa shape index (κ3) is 3.08.